The number of nitrogens with one attached hydrogen (secondary N) is 1. The van der Waals surface area contributed by atoms with E-state index in [1.807, 2.05) is 13.1 Å². The molecule has 3 rings (SSSR count). The number of benzene rings is 2. The Morgan fingerprint density at radius 1 is 0.950 bits per heavy atom. The third kappa shape index (κ3) is 2.35. The lowest BCUT2D eigenvalue weighted by atomic mass is 10.1. The van der Waals surface area contributed by atoms with Crippen LogP contribution in [0.25, 0.3) is 22.2 Å². The highest BCUT2D eigenvalue weighted by Gasteiger charge is 2.06. The van der Waals surface area contributed by atoms with Gasteiger partial charge in [-0.2, -0.15) is 0 Å². The molecule has 0 spiro atoms. The van der Waals surface area contributed by atoms with E-state index < -0.39 is 0 Å². The zero-order valence-corrected chi connectivity index (χ0v) is 11.7. The van der Waals surface area contributed by atoms with Crippen LogP contribution in [0.4, 0.5) is 5.82 Å². The molecule has 0 aliphatic heterocycles. The van der Waals surface area contributed by atoms with Gasteiger partial charge in [-0.15, -0.1) is 0 Å². The van der Waals surface area contributed by atoms with Crippen LogP contribution in [0.15, 0.2) is 48.5 Å². The molecule has 0 unspecified atom stereocenters. The topological polar surface area (TPSA) is 37.8 Å². The second-order valence-electron chi connectivity index (χ2n) is 4.73. The first-order valence-corrected chi connectivity index (χ1v) is 6.85. The lowest BCUT2D eigenvalue weighted by Crippen LogP contribution is -2.00. The van der Waals surface area contributed by atoms with E-state index >= 15 is 0 Å². The predicted molar refractivity (Wildman–Crippen MR) is 83.9 cm³/mol. The zero-order chi connectivity index (χ0) is 13.9. The Morgan fingerprint density at radius 3 is 2.50 bits per heavy atom. The summed E-state index contributed by atoms with van der Waals surface area (Å²) in [5, 5.41) is 5.54. The van der Waals surface area contributed by atoms with E-state index in [0.717, 1.165) is 29.3 Å². The molecule has 3 aromatic rings. The van der Waals surface area contributed by atoms with Crippen LogP contribution < -0.4 is 5.32 Å². The third-order valence-electron chi connectivity index (χ3n) is 3.41. The van der Waals surface area contributed by atoms with Gasteiger partial charge >= 0.3 is 0 Å². The van der Waals surface area contributed by atoms with Crippen LogP contribution in [0.2, 0.25) is 0 Å². The van der Waals surface area contributed by atoms with E-state index in [1.54, 1.807) is 0 Å². The molecule has 0 aliphatic carbocycles. The van der Waals surface area contributed by atoms with Gasteiger partial charge in [0.1, 0.15) is 5.82 Å². The van der Waals surface area contributed by atoms with Gasteiger partial charge in [0, 0.05) is 24.4 Å². The summed E-state index contributed by atoms with van der Waals surface area (Å²) in [7, 11) is 1.88. The number of aryl methyl sites for hydroxylation is 1. The van der Waals surface area contributed by atoms with Crippen LogP contribution in [-0.2, 0) is 6.42 Å². The Hall–Kier alpha value is -2.42. The molecule has 3 nitrogen and oxygen atoms in total. The van der Waals surface area contributed by atoms with Crippen molar-refractivity contribution in [3.63, 3.8) is 0 Å². The molecule has 0 bridgehead atoms. The summed E-state index contributed by atoms with van der Waals surface area (Å²) >= 11 is 0. The minimum Gasteiger partial charge on any atom is -0.373 e. The molecule has 0 amide bonds. The second kappa shape index (κ2) is 5.29. The van der Waals surface area contributed by atoms with Gasteiger partial charge in [-0.25, -0.2) is 9.97 Å². The molecule has 20 heavy (non-hydrogen) atoms. The van der Waals surface area contributed by atoms with Crippen molar-refractivity contribution >= 4 is 16.6 Å². The molecular weight excluding hydrogens is 246 g/mol. The minimum absolute atomic E-state index is 0.777. The fraction of sp³-hybridized carbons (Fsp3) is 0.176. The molecule has 2 aromatic carbocycles. The van der Waals surface area contributed by atoms with Crippen molar-refractivity contribution in [1.82, 2.24) is 9.97 Å². The largest absolute Gasteiger partial charge is 0.373 e. The lowest BCUT2D eigenvalue weighted by Gasteiger charge is -2.07. The normalized spacial score (nSPS) is 10.7. The molecular formula is C17H17N3. The first kappa shape index (κ1) is 12.6. The summed E-state index contributed by atoms with van der Waals surface area (Å²) in [4.78, 5) is 9.18. The molecule has 0 radical (unpaired) electrons. The smallest absolute Gasteiger partial charge is 0.161 e. The standard InChI is InChI=1S/C17H17N3/c1-3-15-11-16(18-2)20-17(19-15)14-9-8-12-6-4-5-7-13(12)10-14/h4-11H,3H2,1-2H3,(H,18,19,20). The number of anilines is 1. The van der Waals surface area contributed by atoms with Gasteiger partial charge in [0.2, 0.25) is 0 Å². The summed E-state index contributed by atoms with van der Waals surface area (Å²) in [5.41, 5.74) is 2.10. The lowest BCUT2D eigenvalue weighted by molar-refractivity contribution is 1.01. The monoisotopic (exact) mass is 263 g/mol. The van der Waals surface area contributed by atoms with E-state index in [2.05, 4.69) is 64.7 Å². The third-order valence-corrected chi connectivity index (χ3v) is 3.41. The number of aromatic nitrogens is 2. The molecule has 1 aromatic heterocycles. The van der Waals surface area contributed by atoms with Gasteiger partial charge in [-0.3, -0.25) is 0 Å². The zero-order valence-electron chi connectivity index (χ0n) is 11.7. The van der Waals surface area contributed by atoms with Crippen molar-refractivity contribution in [2.75, 3.05) is 12.4 Å². The van der Waals surface area contributed by atoms with E-state index in [1.165, 1.54) is 10.8 Å². The Morgan fingerprint density at radius 2 is 1.75 bits per heavy atom. The van der Waals surface area contributed by atoms with E-state index in [9.17, 15) is 0 Å². The average molecular weight is 263 g/mol. The molecule has 0 atom stereocenters. The second-order valence-corrected chi connectivity index (χ2v) is 4.73. The van der Waals surface area contributed by atoms with Crippen LogP contribution in [0, 0.1) is 0 Å². The summed E-state index contributed by atoms with van der Waals surface area (Å²) in [6.07, 6.45) is 0.901. The van der Waals surface area contributed by atoms with Gasteiger partial charge < -0.3 is 5.32 Å². The van der Waals surface area contributed by atoms with Crippen LogP contribution in [0.3, 0.4) is 0 Å². The van der Waals surface area contributed by atoms with E-state index in [4.69, 9.17) is 0 Å². The molecule has 0 fully saturated rings. The Labute approximate surface area is 118 Å². The van der Waals surface area contributed by atoms with Crippen molar-refractivity contribution in [2.45, 2.75) is 13.3 Å². The Balaban J connectivity index is 2.14. The number of rotatable bonds is 3. The fourth-order valence-corrected chi connectivity index (χ4v) is 2.26. The maximum atomic E-state index is 4.63. The van der Waals surface area contributed by atoms with Crippen molar-refractivity contribution in [2.24, 2.45) is 0 Å². The highest BCUT2D eigenvalue weighted by Crippen LogP contribution is 2.23. The van der Waals surface area contributed by atoms with E-state index in [-0.39, 0.29) is 0 Å². The van der Waals surface area contributed by atoms with Gasteiger partial charge in [0.05, 0.1) is 0 Å². The fourth-order valence-electron chi connectivity index (χ4n) is 2.26. The molecule has 0 saturated carbocycles. The maximum absolute atomic E-state index is 4.63. The van der Waals surface area contributed by atoms with Gasteiger partial charge in [-0.1, -0.05) is 43.3 Å². The summed E-state index contributed by atoms with van der Waals surface area (Å²) in [5.74, 6) is 1.64. The highest BCUT2D eigenvalue weighted by molar-refractivity contribution is 5.86. The first-order chi connectivity index (χ1) is 9.80. The molecule has 1 heterocycles. The van der Waals surface area contributed by atoms with Crippen molar-refractivity contribution in [1.29, 1.82) is 0 Å². The molecule has 1 N–H and O–H groups in total. The molecule has 100 valence electrons. The summed E-state index contributed by atoms with van der Waals surface area (Å²) in [6, 6.07) is 16.7. The minimum atomic E-state index is 0.777. The maximum Gasteiger partial charge on any atom is 0.161 e. The van der Waals surface area contributed by atoms with Crippen molar-refractivity contribution in [3.05, 3.63) is 54.2 Å². The van der Waals surface area contributed by atoms with Crippen molar-refractivity contribution < 1.29 is 0 Å². The predicted octanol–water partition coefficient (Wildman–Crippen LogP) is 3.90. The van der Waals surface area contributed by atoms with Gasteiger partial charge in [0.25, 0.3) is 0 Å². The quantitative estimate of drug-likeness (QED) is 0.778. The number of hydrogen-bond acceptors (Lipinski definition) is 3. The first-order valence-electron chi connectivity index (χ1n) is 6.85. The molecule has 0 aliphatic rings. The van der Waals surface area contributed by atoms with E-state index in [0.29, 0.717) is 0 Å². The molecule has 0 saturated heterocycles. The number of hydrogen-bond donors (Lipinski definition) is 1. The van der Waals surface area contributed by atoms with Gasteiger partial charge in [-0.05, 0) is 23.3 Å². The highest BCUT2D eigenvalue weighted by atomic mass is 15.0. The van der Waals surface area contributed by atoms with Crippen LogP contribution >= 0.6 is 0 Å². The molecule has 3 heteroatoms. The van der Waals surface area contributed by atoms with Gasteiger partial charge in [0.15, 0.2) is 5.82 Å². The average Bonchev–Trinajstić information content (AvgIpc) is 2.53. The summed E-state index contributed by atoms with van der Waals surface area (Å²) in [6.45, 7) is 2.10. The van der Waals surface area contributed by atoms with Crippen molar-refractivity contribution in [3.8, 4) is 11.4 Å². The van der Waals surface area contributed by atoms with Crippen LogP contribution in [0.1, 0.15) is 12.6 Å². The van der Waals surface area contributed by atoms with Crippen LogP contribution in [0.5, 0.6) is 0 Å². The van der Waals surface area contributed by atoms with Crippen LogP contribution in [-0.4, -0.2) is 17.0 Å². The summed E-state index contributed by atoms with van der Waals surface area (Å²) < 4.78 is 0. The Kier molecular flexibility index (Phi) is 3.33. The Bertz CT molecular complexity index is 728. The number of nitrogens with zero attached hydrogens (tertiary/aromatic N) is 2. The SMILES string of the molecule is CCc1cc(NC)nc(-c2ccc3ccccc3c2)n1. The number of fused-ring (bicyclic) bond motifs is 1.